The summed E-state index contributed by atoms with van der Waals surface area (Å²) in [6.07, 6.45) is 8.28. The molecule has 0 radical (unpaired) electrons. The summed E-state index contributed by atoms with van der Waals surface area (Å²) in [6, 6.07) is 4.11. The number of hydrogen-bond acceptors (Lipinski definition) is 5. The largest absolute Gasteiger partial charge is 0.379 e. The molecule has 0 saturated carbocycles. The minimum Gasteiger partial charge on any atom is -0.379 e. The molecule has 24 heavy (non-hydrogen) atoms. The van der Waals surface area contributed by atoms with Crippen LogP contribution in [-0.2, 0) is 4.74 Å². The first kappa shape index (κ1) is 15.1. The molecule has 0 unspecified atom stereocenters. The summed E-state index contributed by atoms with van der Waals surface area (Å²) in [5.74, 6) is -0.161. The zero-order chi connectivity index (χ0) is 16.5. The van der Waals surface area contributed by atoms with E-state index in [2.05, 4.69) is 15.4 Å². The second kappa shape index (κ2) is 6.21. The van der Waals surface area contributed by atoms with Crippen LogP contribution in [0.4, 0.5) is 5.69 Å². The summed E-state index contributed by atoms with van der Waals surface area (Å²) in [4.78, 5) is 17.6. The summed E-state index contributed by atoms with van der Waals surface area (Å²) in [5.41, 5.74) is 1.40. The number of aromatic nitrogens is 4. The maximum atomic E-state index is 12.5. The molecule has 0 spiro atoms. The van der Waals surface area contributed by atoms with Crippen molar-refractivity contribution < 1.29 is 9.53 Å². The number of nitrogens with zero attached hydrogens (tertiary/aromatic N) is 4. The summed E-state index contributed by atoms with van der Waals surface area (Å²) >= 11 is 1.37. The molecule has 3 aromatic heterocycles. The number of amides is 1. The Morgan fingerprint density at radius 2 is 2.25 bits per heavy atom. The van der Waals surface area contributed by atoms with E-state index in [1.807, 2.05) is 46.9 Å². The van der Waals surface area contributed by atoms with Gasteiger partial charge in [-0.05, 0) is 25.5 Å². The van der Waals surface area contributed by atoms with Crippen LogP contribution in [0.5, 0.6) is 0 Å². The van der Waals surface area contributed by atoms with Crippen molar-refractivity contribution in [3.63, 3.8) is 0 Å². The Morgan fingerprint density at radius 1 is 1.42 bits per heavy atom. The number of nitrogens with one attached hydrogen (secondary N) is 1. The molecule has 3 aromatic rings. The molecular weight excluding hydrogens is 326 g/mol. The molecular formula is C16H17N5O2S. The Hall–Kier alpha value is -2.45. The standard InChI is InChI=1S/C16H17N5O2S/c1-11-14(24-16(18-11)20-5-2-3-6-20)15(22)19-12-8-17-21(9-12)13-4-7-23-10-13/h2-3,5-6,8-9,13H,4,7,10H2,1H3,(H,19,22)/t13-/m1/s1. The first-order valence-electron chi connectivity index (χ1n) is 7.75. The third-order valence-corrected chi connectivity index (χ3v) is 5.13. The van der Waals surface area contributed by atoms with Crippen LogP contribution < -0.4 is 5.32 Å². The molecule has 1 amide bonds. The second-order valence-electron chi connectivity index (χ2n) is 5.68. The fraction of sp³-hybridized carbons (Fsp3) is 0.312. The van der Waals surface area contributed by atoms with Gasteiger partial charge in [0.25, 0.3) is 5.91 Å². The molecule has 1 fully saturated rings. The normalized spacial score (nSPS) is 17.3. The third kappa shape index (κ3) is 2.85. The number of anilines is 1. The van der Waals surface area contributed by atoms with Gasteiger partial charge < -0.3 is 14.6 Å². The van der Waals surface area contributed by atoms with E-state index in [0.717, 1.165) is 23.9 Å². The van der Waals surface area contributed by atoms with Gasteiger partial charge in [0.15, 0.2) is 5.13 Å². The van der Waals surface area contributed by atoms with E-state index < -0.39 is 0 Å². The number of ether oxygens (including phenoxy) is 1. The van der Waals surface area contributed by atoms with Crippen molar-refractivity contribution in [3.8, 4) is 5.13 Å². The number of rotatable bonds is 4. The van der Waals surface area contributed by atoms with E-state index in [-0.39, 0.29) is 11.9 Å². The lowest BCUT2D eigenvalue weighted by molar-refractivity contribution is 0.103. The average Bonchev–Trinajstić information content (AvgIpc) is 3.34. The molecule has 0 aliphatic carbocycles. The highest BCUT2D eigenvalue weighted by molar-refractivity contribution is 7.16. The molecule has 1 aliphatic rings. The predicted octanol–water partition coefficient (Wildman–Crippen LogP) is 2.65. The monoisotopic (exact) mass is 343 g/mol. The van der Waals surface area contributed by atoms with Crippen LogP contribution in [0.2, 0.25) is 0 Å². The van der Waals surface area contributed by atoms with E-state index in [0.29, 0.717) is 17.2 Å². The lowest BCUT2D eigenvalue weighted by atomic mass is 10.3. The van der Waals surface area contributed by atoms with Crippen molar-refractivity contribution in [2.24, 2.45) is 0 Å². The molecule has 1 N–H and O–H groups in total. The zero-order valence-corrected chi connectivity index (χ0v) is 14.0. The van der Waals surface area contributed by atoms with Gasteiger partial charge in [0.05, 0.1) is 30.2 Å². The van der Waals surface area contributed by atoms with Crippen LogP contribution in [0.1, 0.15) is 27.8 Å². The fourth-order valence-corrected chi connectivity index (χ4v) is 3.62. The highest BCUT2D eigenvalue weighted by atomic mass is 32.1. The van der Waals surface area contributed by atoms with Gasteiger partial charge in [0.2, 0.25) is 0 Å². The lowest BCUT2D eigenvalue weighted by Crippen LogP contribution is -2.11. The van der Waals surface area contributed by atoms with Crippen LogP contribution >= 0.6 is 11.3 Å². The van der Waals surface area contributed by atoms with Gasteiger partial charge in [-0.15, -0.1) is 0 Å². The first-order valence-corrected chi connectivity index (χ1v) is 8.56. The smallest absolute Gasteiger partial charge is 0.267 e. The van der Waals surface area contributed by atoms with Gasteiger partial charge in [-0.25, -0.2) is 4.98 Å². The number of hydrogen-bond donors (Lipinski definition) is 1. The fourth-order valence-electron chi connectivity index (χ4n) is 2.69. The summed E-state index contributed by atoms with van der Waals surface area (Å²) in [7, 11) is 0. The maximum absolute atomic E-state index is 12.5. The molecule has 4 heterocycles. The van der Waals surface area contributed by atoms with Crippen LogP contribution in [0.15, 0.2) is 36.9 Å². The summed E-state index contributed by atoms with van der Waals surface area (Å²) in [6.45, 7) is 3.27. The predicted molar refractivity (Wildman–Crippen MR) is 90.8 cm³/mol. The van der Waals surface area contributed by atoms with Crippen molar-refractivity contribution in [2.45, 2.75) is 19.4 Å². The Bertz CT molecular complexity index is 846. The van der Waals surface area contributed by atoms with Crippen LogP contribution in [0, 0.1) is 6.92 Å². The quantitative estimate of drug-likeness (QED) is 0.790. The van der Waals surface area contributed by atoms with Crippen LogP contribution in [0.3, 0.4) is 0 Å². The Kier molecular flexibility index (Phi) is 3.91. The van der Waals surface area contributed by atoms with Crippen LogP contribution in [-0.4, -0.2) is 38.5 Å². The number of aryl methyl sites for hydroxylation is 1. The van der Waals surface area contributed by atoms with E-state index in [4.69, 9.17) is 4.74 Å². The van der Waals surface area contributed by atoms with E-state index in [9.17, 15) is 4.79 Å². The number of carbonyl (C=O) groups excluding carboxylic acids is 1. The van der Waals surface area contributed by atoms with Crippen LogP contribution in [0.25, 0.3) is 5.13 Å². The van der Waals surface area contributed by atoms with E-state index in [1.54, 1.807) is 6.20 Å². The van der Waals surface area contributed by atoms with Crippen molar-refractivity contribution in [2.75, 3.05) is 18.5 Å². The van der Waals surface area contributed by atoms with Gasteiger partial charge in [0, 0.05) is 25.2 Å². The Morgan fingerprint density at radius 3 is 3.00 bits per heavy atom. The molecule has 1 saturated heterocycles. The minimum atomic E-state index is -0.161. The number of carbonyl (C=O) groups is 1. The molecule has 124 valence electrons. The van der Waals surface area contributed by atoms with Crippen molar-refractivity contribution >= 4 is 22.9 Å². The lowest BCUT2D eigenvalue weighted by Gasteiger charge is -2.06. The van der Waals surface area contributed by atoms with E-state index >= 15 is 0 Å². The van der Waals surface area contributed by atoms with Crippen molar-refractivity contribution in [3.05, 3.63) is 47.5 Å². The molecule has 0 aromatic carbocycles. The molecule has 1 atom stereocenters. The van der Waals surface area contributed by atoms with Gasteiger partial charge >= 0.3 is 0 Å². The molecule has 7 nitrogen and oxygen atoms in total. The van der Waals surface area contributed by atoms with Gasteiger partial charge in [0.1, 0.15) is 4.88 Å². The Balaban J connectivity index is 1.50. The van der Waals surface area contributed by atoms with Crippen molar-refractivity contribution in [1.29, 1.82) is 0 Å². The highest BCUT2D eigenvalue weighted by Gasteiger charge is 2.20. The summed E-state index contributed by atoms with van der Waals surface area (Å²) in [5, 5.41) is 8.00. The summed E-state index contributed by atoms with van der Waals surface area (Å²) < 4.78 is 9.12. The SMILES string of the molecule is Cc1nc(-n2cccc2)sc1C(=O)Nc1cnn([C@@H]2CCOC2)c1. The third-order valence-electron chi connectivity index (χ3n) is 3.96. The minimum absolute atomic E-state index is 0.161. The topological polar surface area (TPSA) is 74.0 Å². The van der Waals surface area contributed by atoms with Gasteiger partial charge in [-0.2, -0.15) is 5.10 Å². The molecule has 0 bridgehead atoms. The van der Waals surface area contributed by atoms with Gasteiger partial charge in [-0.3, -0.25) is 9.48 Å². The maximum Gasteiger partial charge on any atom is 0.267 e. The second-order valence-corrected chi connectivity index (χ2v) is 6.66. The van der Waals surface area contributed by atoms with E-state index in [1.165, 1.54) is 11.3 Å². The van der Waals surface area contributed by atoms with Crippen molar-refractivity contribution in [1.82, 2.24) is 19.3 Å². The molecule has 1 aliphatic heterocycles. The average molecular weight is 343 g/mol. The highest BCUT2D eigenvalue weighted by Crippen LogP contribution is 2.24. The first-order chi connectivity index (χ1) is 11.7. The number of thiazole rings is 1. The van der Waals surface area contributed by atoms with Gasteiger partial charge in [-0.1, -0.05) is 11.3 Å². The zero-order valence-electron chi connectivity index (χ0n) is 13.2. The molecule has 8 heteroatoms. The Labute approximate surface area is 142 Å². The molecule has 4 rings (SSSR count).